The van der Waals surface area contributed by atoms with Gasteiger partial charge < -0.3 is 19.5 Å². The Hall–Kier alpha value is -2.85. The molecule has 6 nitrogen and oxygen atoms in total. The molecule has 0 atom stereocenters. The minimum absolute atomic E-state index is 0.0140. The standard InChI is InChI=1S/C24H15FI2N2O4/c25-17-3-1-2-4-20(17)29-24(30)16(11-28)7-15-8-18(26)23(19(27)9-15)31-12-14-5-6-21-22(10-14)33-13-32-21/h1-10H,12-13H2,(H,29,30)/b16-7-. The first-order valence-corrected chi connectivity index (χ1v) is 11.8. The number of ether oxygens (including phenoxy) is 3. The van der Waals surface area contributed by atoms with Crippen molar-refractivity contribution in [2.45, 2.75) is 6.61 Å². The third-order valence-corrected chi connectivity index (χ3v) is 6.24. The zero-order valence-corrected chi connectivity index (χ0v) is 21.2. The minimum atomic E-state index is -0.684. The van der Waals surface area contributed by atoms with E-state index in [0.29, 0.717) is 29.4 Å². The summed E-state index contributed by atoms with van der Waals surface area (Å²) in [4.78, 5) is 12.5. The molecular formula is C24H15FI2N2O4. The first kappa shape index (κ1) is 23.3. The van der Waals surface area contributed by atoms with E-state index in [-0.39, 0.29) is 18.1 Å². The fourth-order valence-electron chi connectivity index (χ4n) is 3.05. The van der Waals surface area contributed by atoms with Gasteiger partial charge >= 0.3 is 0 Å². The van der Waals surface area contributed by atoms with Crippen molar-refractivity contribution in [3.8, 4) is 23.3 Å². The lowest BCUT2D eigenvalue weighted by molar-refractivity contribution is -0.112. The van der Waals surface area contributed by atoms with Crippen molar-refractivity contribution in [3.05, 3.63) is 84.3 Å². The maximum Gasteiger partial charge on any atom is 0.266 e. The lowest BCUT2D eigenvalue weighted by atomic mass is 10.1. The van der Waals surface area contributed by atoms with Crippen molar-refractivity contribution in [2.75, 3.05) is 12.1 Å². The van der Waals surface area contributed by atoms with E-state index < -0.39 is 11.7 Å². The van der Waals surface area contributed by atoms with E-state index >= 15 is 0 Å². The highest BCUT2D eigenvalue weighted by molar-refractivity contribution is 14.1. The summed E-state index contributed by atoms with van der Waals surface area (Å²) in [6.07, 6.45) is 1.46. The van der Waals surface area contributed by atoms with Gasteiger partial charge in [-0.2, -0.15) is 5.26 Å². The second kappa shape index (κ2) is 10.4. The lowest BCUT2D eigenvalue weighted by Crippen LogP contribution is -2.14. The fraction of sp³-hybridized carbons (Fsp3) is 0.0833. The van der Waals surface area contributed by atoms with Crippen molar-refractivity contribution in [2.24, 2.45) is 0 Å². The number of amides is 1. The summed E-state index contributed by atoms with van der Waals surface area (Å²) in [5.41, 5.74) is 1.46. The summed E-state index contributed by atoms with van der Waals surface area (Å²) in [5.74, 6) is 0.845. The van der Waals surface area contributed by atoms with Crippen LogP contribution >= 0.6 is 45.2 Å². The van der Waals surface area contributed by atoms with Crippen LogP contribution in [0.3, 0.4) is 0 Å². The molecule has 0 unspecified atom stereocenters. The number of halogens is 3. The number of carbonyl (C=O) groups excluding carboxylic acids is 1. The van der Waals surface area contributed by atoms with Crippen molar-refractivity contribution < 1.29 is 23.4 Å². The summed E-state index contributed by atoms with van der Waals surface area (Å²) in [6, 6.07) is 16.9. The number of rotatable bonds is 6. The largest absolute Gasteiger partial charge is 0.487 e. The average Bonchev–Trinajstić information content (AvgIpc) is 3.26. The molecule has 3 aromatic carbocycles. The molecule has 0 radical (unpaired) electrons. The first-order valence-electron chi connectivity index (χ1n) is 9.62. The summed E-state index contributed by atoms with van der Waals surface area (Å²) >= 11 is 4.29. The predicted octanol–water partition coefficient (Wildman–Crippen LogP) is 5.89. The molecule has 1 aliphatic heterocycles. The number of fused-ring (bicyclic) bond motifs is 1. The smallest absolute Gasteiger partial charge is 0.266 e. The normalized spacial score (nSPS) is 12.2. The van der Waals surface area contributed by atoms with Gasteiger partial charge in [0.05, 0.1) is 12.8 Å². The SMILES string of the molecule is N#C/C(=C/c1cc(I)c(OCc2ccc3c(c2)OCO3)c(I)c1)C(=O)Nc1ccccc1F. The summed E-state index contributed by atoms with van der Waals surface area (Å²) in [6.45, 7) is 0.555. The van der Waals surface area contributed by atoms with Crippen LogP contribution in [0, 0.1) is 24.3 Å². The molecule has 0 saturated heterocycles. The molecule has 166 valence electrons. The molecule has 3 aromatic rings. The zero-order chi connectivity index (χ0) is 23.4. The van der Waals surface area contributed by atoms with Gasteiger partial charge in [0, 0.05) is 0 Å². The second-order valence-corrected chi connectivity index (χ2v) is 9.22. The van der Waals surface area contributed by atoms with Gasteiger partial charge in [-0.15, -0.1) is 0 Å². The number of nitrogens with one attached hydrogen (secondary N) is 1. The van der Waals surface area contributed by atoms with Gasteiger partial charge in [-0.25, -0.2) is 4.39 Å². The lowest BCUT2D eigenvalue weighted by Gasteiger charge is -2.12. The molecule has 0 spiro atoms. The molecule has 1 heterocycles. The Morgan fingerprint density at radius 2 is 1.85 bits per heavy atom. The highest BCUT2D eigenvalue weighted by Gasteiger charge is 2.16. The fourth-order valence-corrected chi connectivity index (χ4v) is 5.18. The van der Waals surface area contributed by atoms with Gasteiger partial charge in [-0.1, -0.05) is 18.2 Å². The Kier molecular flexibility index (Phi) is 7.34. The Balaban J connectivity index is 1.49. The van der Waals surface area contributed by atoms with E-state index in [1.54, 1.807) is 6.07 Å². The van der Waals surface area contributed by atoms with Gasteiger partial charge in [0.2, 0.25) is 6.79 Å². The van der Waals surface area contributed by atoms with Crippen LogP contribution in [0.1, 0.15) is 11.1 Å². The molecule has 9 heteroatoms. The maximum atomic E-state index is 13.8. The predicted molar refractivity (Wildman–Crippen MR) is 137 cm³/mol. The number of nitrogens with zero attached hydrogens (tertiary/aromatic N) is 1. The molecule has 0 bridgehead atoms. The van der Waals surface area contributed by atoms with E-state index in [1.807, 2.05) is 36.4 Å². The van der Waals surface area contributed by atoms with Gasteiger partial charge in [0.1, 0.15) is 29.8 Å². The highest BCUT2D eigenvalue weighted by atomic mass is 127. The summed E-state index contributed by atoms with van der Waals surface area (Å²) in [5, 5.41) is 11.9. The molecular weight excluding hydrogens is 653 g/mol. The molecule has 1 amide bonds. The molecule has 1 aliphatic rings. The summed E-state index contributed by atoms with van der Waals surface area (Å²) in [7, 11) is 0. The molecule has 1 N–H and O–H groups in total. The first-order chi connectivity index (χ1) is 15.9. The molecule has 33 heavy (non-hydrogen) atoms. The number of hydrogen-bond acceptors (Lipinski definition) is 5. The number of para-hydroxylation sites is 1. The zero-order valence-electron chi connectivity index (χ0n) is 16.9. The highest BCUT2D eigenvalue weighted by Crippen LogP contribution is 2.34. The molecule has 0 fully saturated rings. The Morgan fingerprint density at radius 1 is 1.12 bits per heavy atom. The van der Waals surface area contributed by atoms with Crippen LogP contribution in [0.25, 0.3) is 6.08 Å². The number of nitriles is 1. The third kappa shape index (κ3) is 5.56. The van der Waals surface area contributed by atoms with Crippen molar-refractivity contribution in [1.29, 1.82) is 5.26 Å². The van der Waals surface area contributed by atoms with Crippen LogP contribution in [-0.4, -0.2) is 12.7 Å². The Morgan fingerprint density at radius 3 is 2.58 bits per heavy atom. The maximum absolute atomic E-state index is 13.8. The topological polar surface area (TPSA) is 80.6 Å². The minimum Gasteiger partial charge on any atom is -0.487 e. The molecule has 0 saturated carbocycles. The Labute approximate surface area is 216 Å². The third-order valence-electron chi connectivity index (χ3n) is 4.64. The number of carbonyl (C=O) groups is 1. The van der Waals surface area contributed by atoms with Gasteiger partial charge in [-0.05, 0) is 98.8 Å². The van der Waals surface area contributed by atoms with E-state index in [0.717, 1.165) is 12.7 Å². The van der Waals surface area contributed by atoms with Crippen LogP contribution in [0.4, 0.5) is 10.1 Å². The molecule has 0 aliphatic carbocycles. The van der Waals surface area contributed by atoms with Crippen molar-refractivity contribution >= 4 is 62.9 Å². The quantitative estimate of drug-likeness (QED) is 0.202. The number of anilines is 1. The molecule has 4 rings (SSSR count). The van der Waals surface area contributed by atoms with Crippen LogP contribution in [0.2, 0.25) is 0 Å². The Bertz CT molecular complexity index is 1280. The van der Waals surface area contributed by atoms with Gasteiger partial charge in [-0.3, -0.25) is 4.79 Å². The van der Waals surface area contributed by atoms with Crippen LogP contribution in [-0.2, 0) is 11.4 Å². The van der Waals surface area contributed by atoms with E-state index in [9.17, 15) is 14.4 Å². The van der Waals surface area contributed by atoms with Crippen LogP contribution in [0.15, 0.2) is 60.2 Å². The summed E-state index contributed by atoms with van der Waals surface area (Å²) < 4.78 is 32.2. The van der Waals surface area contributed by atoms with E-state index in [1.165, 1.54) is 24.3 Å². The van der Waals surface area contributed by atoms with Gasteiger partial charge in [0.25, 0.3) is 5.91 Å². The van der Waals surface area contributed by atoms with Crippen LogP contribution < -0.4 is 19.5 Å². The van der Waals surface area contributed by atoms with E-state index in [2.05, 4.69) is 50.5 Å². The van der Waals surface area contributed by atoms with E-state index in [4.69, 9.17) is 14.2 Å². The van der Waals surface area contributed by atoms with Crippen molar-refractivity contribution in [1.82, 2.24) is 0 Å². The number of hydrogen-bond donors (Lipinski definition) is 1. The van der Waals surface area contributed by atoms with Crippen molar-refractivity contribution in [3.63, 3.8) is 0 Å². The second-order valence-electron chi connectivity index (χ2n) is 6.89. The molecule has 0 aromatic heterocycles. The monoisotopic (exact) mass is 668 g/mol. The number of benzene rings is 3. The average molecular weight is 668 g/mol. The van der Waals surface area contributed by atoms with Gasteiger partial charge in [0.15, 0.2) is 11.5 Å². The van der Waals surface area contributed by atoms with Crippen LogP contribution in [0.5, 0.6) is 17.2 Å².